The number of piperidine rings is 2. The number of hydrogen-bond acceptors (Lipinski definition) is 6. The van der Waals surface area contributed by atoms with Crippen LogP contribution in [-0.2, 0) is 28.5 Å². The lowest BCUT2D eigenvalue weighted by atomic mass is 9.51. The average molecular weight is 601 g/mol. The van der Waals surface area contributed by atoms with Crippen molar-refractivity contribution in [1.29, 1.82) is 0 Å². The summed E-state index contributed by atoms with van der Waals surface area (Å²) in [6.07, 6.45) is 7.73. The Morgan fingerprint density at radius 3 is 1.95 bits per heavy atom. The fourth-order valence-electron chi connectivity index (χ4n) is 11.5. The first-order valence-electron chi connectivity index (χ1n) is 16.5. The van der Waals surface area contributed by atoms with E-state index in [1.807, 2.05) is 0 Å². The quantitative estimate of drug-likeness (QED) is 0.429. The molecular formula is C38H52N2O4. The van der Waals surface area contributed by atoms with E-state index in [9.17, 15) is 9.90 Å². The Morgan fingerprint density at radius 1 is 0.773 bits per heavy atom. The molecule has 0 amide bonds. The predicted molar refractivity (Wildman–Crippen MR) is 174 cm³/mol. The van der Waals surface area contributed by atoms with Gasteiger partial charge in [-0.05, 0) is 120 Å². The summed E-state index contributed by atoms with van der Waals surface area (Å²) < 4.78 is 12.7. The SMILES string of the molecule is C.C.Cc1ccc2c3c1O[C@H]1C(=O)CCC4[C@@H](C2)N(C)CC[C@@]341.Cc1ccc2c3c1O[C@H]1[C@@H](O)CCC4[C@@H](C2)N(C)CC[C@@]341. The lowest BCUT2D eigenvalue weighted by molar-refractivity contribution is -0.138. The topological polar surface area (TPSA) is 62.2 Å². The number of carbonyl (C=O) groups excluding carboxylic acids is 1. The minimum atomic E-state index is -0.303. The Bertz CT molecular complexity index is 1520. The number of aryl methyl sites for hydroxylation is 2. The molecule has 9 atom stereocenters. The first-order valence-corrected chi connectivity index (χ1v) is 16.5. The summed E-state index contributed by atoms with van der Waals surface area (Å²) in [4.78, 5) is 17.6. The summed E-state index contributed by atoms with van der Waals surface area (Å²) in [7, 11) is 4.52. The number of aliphatic hydroxyl groups excluding tert-OH is 1. The van der Waals surface area contributed by atoms with E-state index in [2.05, 4.69) is 62.0 Å². The Morgan fingerprint density at radius 2 is 1.32 bits per heavy atom. The van der Waals surface area contributed by atoms with Crippen LogP contribution in [-0.4, -0.2) is 78.3 Å². The number of carbonyl (C=O) groups is 1. The number of rotatable bonds is 0. The van der Waals surface area contributed by atoms with Crippen molar-refractivity contribution in [3.63, 3.8) is 0 Å². The number of benzene rings is 2. The normalized spacial score (nSPS) is 39.8. The van der Waals surface area contributed by atoms with E-state index in [0.717, 1.165) is 69.5 Å². The lowest BCUT2D eigenvalue weighted by Crippen LogP contribution is -2.66. The second-order valence-electron chi connectivity index (χ2n) is 15.0. The Hall–Kier alpha value is -2.41. The van der Waals surface area contributed by atoms with Crippen LogP contribution in [0.1, 0.15) is 86.8 Å². The van der Waals surface area contributed by atoms with Gasteiger partial charge in [0.05, 0.1) is 6.10 Å². The van der Waals surface area contributed by atoms with Crippen molar-refractivity contribution in [3.05, 3.63) is 57.6 Å². The maximum absolute atomic E-state index is 12.6. The average Bonchev–Trinajstić information content (AvgIpc) is 3.52. The van der Waals surface area contributed by atoms with Gasteiger partial charge in [-0.15, -0.1) is 0 Å². The number of Topliss-reactive ketones (excluding diaryl/α,β-unsaturated/α-hetero) is 1. The van der Waals surface area contributed by atoms with E-state index in [-0.39, 0.29) is 44.0 Å². The summed E-state index contributed by atoms with van der Waals surface area (Å²) in [5, 5.41) is 10.6. The minimum absolute atomic E-state index is 0. The Kier molecular flexibility index (Phi) is 6.91. The van der Waals surface area contributed by atoms with Crippen LogP contribution in [0.3, 0.4) is 0 Å². The zero-order valence-electron chi connectivity index (χ0n) is 25.5. The van der Waals surface area contributed by atoms with Crippen molar-refractivity contribution >= 4 is 5.78 Å². The third-order valence-electron chi connectivity index (χ3n) is 13.4. The number of likely N-dealkylation sites (tertiary alicyclic amines) is 2. The molecule has 0 radical (unpaired) electrons. The van der Waals surface area contributed by atoms with Gasteiger partial charge in [0.1, 0.15) is 17.6 Å². The zero-order valence-corrected chi connectivity index (χ0v) is 25.5. The van der Waals surface area contributed by atoms with E-state index >= 15 is 0 Å². The van der Waals surface area contributed by atoms with Gasteiger partial charge in [-0.2, -0.15) is 0 Å². The highest BCUT2D eigenvalue weighted by Gasteiger charge is 2.66. The summed E-state index contributed by atoms with van der Waals surface area (Å²) >= 11 is 0. The van der Waals surface area contributed by atoms with Gasteiger partial charge in [-0.1, -0.05) is 39.1 Å². The molecule has 2 unspecified atom stereocenters. The second kappa shape index (κ2) is 10.0. The van der Waals surface area contributed by atoms with Crippen molar-refractivity contribution in [1.82, 2.24) is 9.80 Å². The Balaban J connectivity index is 0.000000136. The molecule has 2 saturated carbocycles. The van der Waals surface area contributed by atoms with Crippen LogP contribution in [0.25, 0.3) is 0 Å². The molecule has 8 aliphatic rings. The highest BCUT2D eigenvalue weighted by molar-refractivity contribution is 5.89. The number of likely N-dealkylation sites (N-methyl/N-ethyl adjacent to an activating group) is 2. The number of ketones is 1. The molecule has 238 valence electrons. The highest BCUT2D eigenvalue weighted by Crippen LogP contribution is 2.63. The van der Waals surface area contributed by atoms with Crippen molar-refractivity contribution in [2.45, 2.75) is 121 Å². The first-order chi connectivity index (χ1) is 20.3. The molecule has 2 aromatic rings. The van der Waals surface area contributed by atoms with Crippen LogP contribution >= 0.6 is 0 Å². The number of aliphatic hydroxyl groups is 1. The molecule has 4 aliphatic heterocycles. The summed E-state index contributed by atoms with van der Waals surface area (Å²) in [5.41, 5.74) is 8.30. The summed E-state index contributed by atoms with van der Waals surface area (Å²) in [5.74, 6) is 3.72. The monoisotopic (exact) mass is 600 g/mol. The third-order valence-corrected chi connectivity index (χ3v) is 13.4. The van der Waals surface area contributed by atoms with Gasteiger partial charge in [-0.3, -0.25) is 4.79 Å². The van der Waals surface area contributed by atoms with Crippen LogP contribution in [0.5, 0.6) is 11.5 Å². The van der Waals surface area contributed by atoms with E-state index in [1.165, 1.54) is 33.4 Å². The van der Waals surface area contributed by atoms with Crippen molar-refractivity contribution in [2.24, 2.45) is 11.8 Å². The van der Waals surface area contributed by atoms with Gasteiger partial charge in [0.25, 0.3) is 0 Å². The third kappa shape index (κ3) is 3.51. The van der Waals surface area contributed by atoms with Gasteiger partial charge < -0.3 is 24.4 Å². The van der Waals surface area contributed by atoms with E-state index < -0.39 is 0 Å². The largest absolute Gasteiger partial charge is 0.486 e. The number of hydrogen-bond donors (Lipinski definition) is 1. The molecule has 2 aromatic carbocycles. The van der Waals surface area contributed by atoms with Crippen LogP contribution in [0.2, 0.25) is 0 Å². The van der Waals surface area contributed by atoms with E-state index in [1.54, 1.807) is 0 Å². The second-order valence-corrected chi connectivity index (χ2v) is 15.0. The smallest absolute Gasteiger partial charge is 0.174 e. The molecule has 2 spiro atoms. The number of ether oxygens (including phenoxy) is 2. The molecule has 1 N–H and O–H groups in total. The molecule has 4 bridgehead atoms. The molecule has 0 aromatic heterocycles. The van der Waals surface area contributed by atoms with Crippen LogP contribution in [0.4, 0.5) is 0 Å². The fourth-order valence-corrected chi connectivity index (χ4v) is 11.5. The molecule has 6 heteroatoms. The number of nitrogens with zero attached hydrogens (tertiary/aromatic N) is 2. The van der Waals surface area contributed by atoms with Gasteiger partial charge in [0, 0.05) is 40.5 Å². The zero-order chi connectivity index (χ0) is 28.7. The molecular weight excluding hydrogens is 548 g/mol. The molecule has 4 heterocycles. The van der Waals surface area contributed by atoms with Gasteiger partial charge in [-0.25, -0.2) is 0 Å². The minimum Gasteiger partial charge on any atom is -0.486 e. The summed E-state index contributed by atoms with van der Waals surface area (Å²) in [6.45, 7) is 6.47. The standard InChI is InChI=1S/C18H23NO2.C18H21NO2.2CH4/c2*1-10-3-4-11-9-13-12-5-6-14(20)17-18(12,7-8-19(13)2)15(11)16(10)21-17;;/h3-4,12-14,17,20H,5-9H2,1-2H3;3-4,12-13,17H,5-9H2,1-2H3;2*1H4/t12?,13-,14+,17+,18+;12?,13-,17+,18+;;/m11../s1. The molecule has 44 heavy (non-hydrogen) atoms. The van der Waals surface area contributed by atoms with Crippen molar-refractivity contribution in [2.75, 3.05) is 27.2 Å². The predicted octanol–water partition coefficient (Wildman–Crippen LogP) is 5.53. The Labute approximate surface area is 264 Å². The maximum Gasteiger partial charge on any atom is 0.174 e. The molecule has 4 fully saturated rings. The van der Waals surface area contributed by atoms with E-state index in [0.29, 0.717) is 36.1 Å². The van der Waals surface area contributed by atoms with Crippen LogP contribution in [0, 0.1) is 25.7 Å². The van der Waals surface area contributed by atoms with E-state index in [4.69, 9.17) is 9.47 Å². The fraction of sp³-hybridized carbons (Fsp3) is 0.658. The maximum atomic E-state index is 12.6. The van der Waals surface area contributed by atoms with Crippen molar-refractivity contribution < 1.29 is 19.4 Å². The van der Waals surface area contributed by atoms with Gasteiger partial charge in [0.15, 0.2) is 11.9 Å². The lowest BCUT2D eigenvalue weighted by Gasteiger charge is -2.58. The van der Waals surface area contributed by atoms with Crippen molar-refractivity contribution in [3.8, 4) is 11.5 Å². The van der Waals surface area contributed by atoms with Gasteiger partial charge >= 0.3 is 0 Å². The summed E-state index contributed by atoms with van der Waals surface area (Å²) in [6, 6.07) is 10.2. The van der Waals surface area contributed by atoms with Crippen LogP contribution in [0.15, 0.2) is 24.3 Å². The molecule has 6 nitrogen and oxygen atoms in total. The van der Waals surface area contributed by atoms with Gasteiger partial charge in [0.2, 0.25) is 0 Å². The molecule has 2 saturated heterocycles. The molecule has 4 aliphatic carbocycles. The molecule has 10 rings (SSSR count). The first kappa shape index (κ1) is 30.3. The van der Waals surface area contributed by atoms with Crippen LogP contribution < -0.4 is 9.47 Å². The highest BCUT2D eigenvalue weighted by atomic mass is 16.5.